The van der Waals surface area contributed by atoms with Gasteiger partial charge in [0, 0.05) is 25.2 Å². The number of nitrogens with zero attached hydrogens (tertiary/aromatic N) is 2. The summed E-state index contributed by atoms with van der Waals surface area (Å²) >= 11 is 0. The fourth-order valence-electron chi connectivity index (χ4n) is 2.29. The van der Waals surface area contributed by atoms with Gasteiger partial charge in [-0.15, -0.1) is 0 Å². The number of aromatic nitrogens is 1. The molecule has 2 rings (SSSR count). The van der Waals surface area contributed by atoms with Crippen molar-refractivity contribution in [1.82, 2.24) is 15.4 Å². The van der Waals surface area contributed by atoms with Gasteiger partial charge in [-0.25, -0.2) is 4.79 Å². The predicted octanol–water partition coefficient (Wildman–Crippen LogP) is 3.51. The minimum atomic E-state index is -0.0992. The third kappa shape index (κ3) is 3.87. The van der Waals surface area contributed by atoms with E-state index in [0.717, 1.165) is 29.0 Å². The Labute approximate surface area is 131 Å². The molecule has 5 nitrogen and oxygen atoms in total. The maximum Gasteiger partial charge on any atom is 0.317 e. The van der Waals surface area contributed by atoms with Crippen LogP contribution in [0.3, 0.4) is 0 Å². The molecule has 22 heavy (non-hydrogen) atoms. The summed E-state index contributed by atoms with van der Waals surface area (Å²) in [6.45, 7) is 7.23. The molecule has 118 valence electrons. The van der Waals surface area contributed by atoms with Crippen molar-refractivity contribution in [3.05, 3.63) is 41.1 Å². The Kier molecular flexibility index (Phi) is 5.20. The fourth-order valence-corrected chi connectivity index (χ4v) is 2.29. The number of carbonyl (C=O) groups excluding carboxylic acids is 1. The van der Waals surface area contributed by atoms with Crippen LogP contribution in [-0.4, -0.2) is 29.7 Å². The van der Waals surface area contributed by atoms with Crippen LogP contribution in [0.25, 0.3) is 11.3 Å². The minimum Gasteiger partial charge on any atom is -0.356 e. The fraction of sp³-hybridized carbons (Fsp3) is 0.412. The predicted molar refractivity (Wildman–Crippen MR) is 86.6 cm³/mol. The molecule has 2 amide bonds. The van der Waals surface area contributed by atoms with Crippen LogP contribution in [0, 0.1) is 13.8 Å². The minimum absolute atomic E-state index is 0.0992. The van der Waals surface area contributed by atoms with Gasteiger partial charge in [-0.3, -0.25) is 0 Å². The summed E-state index contributed by atoms with van der Waals surface area (Å²) in [6.07, 6.45) is 0.917. The number of amides is 2. The normalized spacial score (nSPS) is 10.5. The SMILES string of the molecule is CCCNC(=O)N(C)Cc1cc(-c2ccc(C)cc2C)on1. The van der Waals surface area contributed by atoms with E-state index < -0.39 is 0 Å². The van der Waals surface area contributed by atoms with Gasteiger partial charge in [-0.05, 0) is 25.8 Å². The highest BCUT2D eigenvalue weighted by molar-refractivity contribution is 5.73. The van der Waals surface area contributed by atoms with Crippen LogP contribution in [0.15, 0.2) is 28.8 Å². The molecule has 0 saturated carbocycles. The summed E-state index contributed by atoms with van der Waals surface area (Å²) in [6, 6.07) is 7.99. The van der Waals surface area contributed by atoms with Gasteiger partial charge in [-0.1, -0.05) is 35.8 Å². The van der Waals surface area contributed by atoms with E-state index in [1.54, 1.807) is 11.9 Å². The van der Waals surface area contributed by atoms with Crippen LogP contribution in [0.1, 0.15) is 30.2 Å². The van der Waals surface area contributed by atoms with Crippen molar-refractivity contribution in [2.75, 3.05) is 13.6 Å². The van der Waals surface area contributed by atoms with E-state index >= 15 is 0 Å². The molecule has 0 bridgehead atoms. The number of nitrogens with one attached hydrogen (secondary N) is 1. The first-order chi connectivity index (χ1) is 10.5. The van der Waals surface area contributed by atoms with Crippen LogP contribution in [0.5, 0.6) is 0 Å². The maximum absolute atomic E-state index is 11.8. The lowest BCUT2D eigenvalue weighted by atomic mass is 10.0. The monoisotopic (exact) mass is 301 g/mol. The van der Waals surface area contributed by atoms with Crippen LogP contribution in [-0.2, 0) is 6.54 Å². The second-order valence-electron chi connectivity index (χ2n) is 5.59. The molecule has 0 aliphatic carbocycles. The molecule has 2 aromatic rings. The number of benzene rings is 1. The van der Waals surface area contributed by atoms with E-state index in [1.165, 1.54) is 5.56 Å². The Morgan fingerprint density at radius 1 is 1.32 bits per heavy atom. The molecule has 0 aliphatic rings. The topological polar surface area (TPSA) is 58.4 Å². The molecule has 1 aromatic carbocycles. The molecule has 0 radical (unpaired) electrons. The van der Waals surface area contributed by atoms with E-state index in [2.05, 4.69) is 36.5 Å². The zero-order valence-electron chi connectivity index (χ0n) is 13.6. The Bertz CT molecular complexity index is 649. The van der Waals surface area contributed by atoms with Crippen molar-refractivity contribution in [2.24, 2.45) is 0 Å². The maximum atomic E-state index is 11.8. The van der Waals surface area contributed by atoms with Crippen LogP contribution in [0.4, 0.5) is 4.79 Å². The molecular weight excluding hydrogens is 278 g/mol. The molecule has 1 heterocycles. The Hall–Kier alpha value is -2.30. The van der Waals surface area contributed by atoms with Gasteiger partial charge in [0.25, 0.3) is 0 Å². The second-order valence-corrected chi connectivity index (χ2v) is 5.59. The summed E-state index contributed by atoms with van der Waals surface area (Å²) in [5.74, 6) is 0.731. The van der Waals surface area contributed by atoms with Crippen LogP contribution < -0.4 is 5.32 Å². The van der Waals surface area contributed by atoms with E-state index in [1.807, 2.05) is 19.1 Å². The summed E-state index contributed by atoms with van der Waals surface area (Å²) < 4.78 is 5.42. The van der Waals surface area contributed by atoms with Crippen molar-refractivity contribution < 1.29 is 9.32 Å². The quantitative estimate of drug-likeness (QED) is 0.919. The summed E-state index contributed by atoms with van der Waals surface area (Å²) in [7, 11) is 1.75. The standard InChI is InChI=1S/C17H23N3O2/c1-5-8-18-17(21)20(4)11-14-10-16(22-19-14)15-7-6-12(2)9-13(15)3/h6-7,9-10H,5,8,11H2,1-4H3,(H,18,21). The number of hydrogen-bond acceptors (Lipinski definition) is 3. The number of urea groups is 1. The van der Waals surface area contributed by atoms with E-state index in [0.29, 0.717) is 13.1 Å². The van der Waals surface area contributed by atoms with Crippen LogP contribution in [0.2, 0.25) is 0 Å². The lowest BCUT2D eigenvalue weighted by Gasteiger charge is -2.15. The van der Waals surface area contributed by atoms with Crippen molar-refractivity contribution >= 4 is 6.03 Å². The highest BCUT2D eigenvalue weighted by Crippen LogP contribution is 2.25. The number of carbonyl (C=O) groups is 1. The van der Waals surface area contributed by atoms with Gasteiger partial charge in [0.15, 0.2) is 5.76 Å². The van der Waals surface area contributed by atoms with E-state index in [4.69, 9.17) is 4.52 Å². The molecule has 5 heteroatoms. The van der Waals surface area contributed by atoms with Gasteiger partial charge in [0.1, 0.15) is 5.69 Å². The first-order valence-electron chi connectivity index (χ1n) is 7.53. The smallest absolute Gasteiger partial charge is 0.317 e. The van der Waals surface area contributed by atoms with Crippen LogP contribution >= 0.6 is 0 Å². The number of rotatable bonds is 5. The lowest BCUT2D eigenvalue weighted by Crippen LogP contribution is -2.37. The highest BCUT2D eigenvalue weighted by atomic mass is 16.5. The third-order valence-corrected chi connectivity index (χ3v) is 3.48. The molecular formula is C17H23N3O2. The van der Waals surface area contributed by atoms with Gasteiger partial charge in [0.05, 0.1) is 6.54 Å². The largest absolute Gasteiger partial charge is 0.356 e. The first-order valence-corrected chi connectivity index (χ1v) is 7.53. The van der Waals surface area contributed by atoms with E-state index in [9.17, 15) is 4.79 Å². The average Bonchev–Trinajstić information content (AvgIpc) is 2.92. The van der Waals surface area contributed by atoms with Gasteiger partial charge in [-0.2, -0.15) is 0 Å². The summed E-state index contributed by atoms with van der Waals surface area (Å²) in [5, 5.41) is 6.90. The molecule has 0 fully saturated rings. The van der Waals surface area contributed by atoms with Crippen molar-refractivity contribution in [3.8, 4) is 11.3 Å². The highest BCUT2D eigenvalue weighted by Gasteiger charge is 2.13. The number of aryl methyl sites for hydroxylation is 2. The van der Waals surface area contributed by atoms with Crippen molar-refractivity contribution in [3.63, 3.8) is 0 Å². The molecule has 1 N–H and O–H groups in total. The number of hydrogen-bond donors (Lipinski definition) is 1. The second kappa shape index (κ2) is 7.11. The zero-order chi connectivity index (χ0) is 16.1. The molecule has 0 unspecified atom stereocenters. The molecule has 0 atom stereocenters. The van der Waals surface area contributed by atoms with Crippen molar-refractivity contribution in [2.45, 2.75) is 33.7 Å². The molecule has 1 aromatic heterocycles. The van der Waals surface area contributed by atoms with Gasteiger partial charge in [0.2, 0.25) is 0 Å². The zero-order valence-corrected chi connectivity index (χ0v) is 13.6. The van der Waals surface area contributed by atoms with Gasteiger partial charge >= 0.3 is 6.03 Å². The Morgan fingerprint density at radius 3 is 2.77 bits per heavy atom. The Balaban J connectivity index is 2.06. The first kappa shape index (κ1) is 16.1. The Morgan fingerprint density at radius 2 is 2.09 bits per heavy atom. The van der Waals surface area contributed by atoms with Crippen molar-refractivity contribution in [1.29, 1.82) is 0 Å². The third-order valence-electron chi connectivity index (χ3n) is 3.48. The molecule has 0 spiro atoms. The molecule has 0 aliphatic heterocycles. The molecule has 0 saturated heterocycles. The summed E-state index contributed by atoms with van der Waals surface area (Å²) in [4.78, 5) is 13.4. The average molecular weight is 301 g/mol. The summed E-state index contributed by atoms with van der Waals surface area (Å²) in [5.41, 5.74) is 4.14. The van der Waals surface area contributed by atoms with Gasteiger partial charge < -0.3 is 14.7 Å². The lowest BCUT2D eigenvalue weighted by molar-refractivity contribution is 0.205. The van der Waals surface area contributed by atoms with E-state index in [-0.39, 0.29) is 6.03 Å².